The van der Waals surface area contributed by atoms with Crippen LogP contribution < -0.4 is 10.6 Å². The molecule has 0 unspecified atom stereocenters. The molecule has 3 N–H and O–H groups in total. The van der Waals surface area contributed by atoms with Crippen molar-refractivity contribution in [2.75, 3.05) is 19.7 Å². The molecule has 0 aromatic heterocycles. The van der Waals surface area contributed by atoms with Crippen LogP contribution in [-0.4, -0.2) is 36.6 Å². The molecule has 19 heavy (non-hydrogen) atoms. The van der Waals surface area contributed by atoms with E-state index in [1.807, 2.05) is 0 Å². The van der Waals surface area contributed by atoms with E-state index in [9.17, 15) is 9.59 Å². The van der Waals surface area contributed by atoms with Crippen LogP contribution in [0.4, 0.5) is 0 Å². The summed E-state index contributed by atoms with van der Waals surface area (Å²) in [5.74, 6) is -0.536. The molecule has 2 amide bonds. The molecular weight excluding hydrogens is 244 g/mol. The van der Waals surface area contributed by atoms with Gasteiger partial charge >= 0.3 is 0 Å². The Morgan fingerprint density at radius 1 is 0.947 bits per heavy atom. The molecule has 0 fully saturated rings. The highest BCUT2D eigenvalue weighted by atomic mass is 16.3. The number of unbranched alkanes of at least 4 members (excludes halogenated alkanes) is 6. The number of hydrogen-bond acceptors (Lipinski definition) is 4. The van der Waals surface area contributed by atoms with Gasteiger partial charge in [-0.25, -0.2) is 0 Å². The third-order valence-electron chi connectivity index (χ3n) is 2.86. The predicted molar refractivity (Wildman–Crippen MR) is 75.7 cm³/mol. The van der Waals surface area contributed by atoms with Gasteiger partial charge in [0, 0.05) is 13.0 Å². The number of amides is 2. The number of hydrogen-bond donors (Lipinski definition) is 3. The van der Waals surface area contributed by atoms with E-state index in [0.29, 0.717) is 13.0 Å². The first kappa shape index (κ1) is 18.1. The van der Waals surface area contributed by atoms with E-state index in [4.69, 9.17) is 5.11 Å². The van der Waals surface area contributed by atoms with Gasteiger partial charge < -0.3 is 10.4 Å². The van der Waals surface area contributed by atoms with Crippen molar-refractivity contribution in [3.63, 3.8) is 0 Å². The van der Waals surface area contributed by atoms with Gasteiger partial charge in [0.1, 0.15) is 0 Å². The smallest absolute Gasteiger partial charge is 0.240 e. The van der Waals surface area contributed by atoms with E-state index < -0.39 is 0 Å². The van der Waals surface area contributed by atoms with E-state index in [1.54, 1.807) is 0 Å². The summed E-state index contributed by atoms with van der Waals surface area (Å²) in [6.07, 6.45) is 8.52. The lowest BCUT2D eigenvalue weighted by atomic mass is 10.1. The van der Waals surface area contributed by atoms with E-state index in [1.165, 1.54) is 32.1 Å². The van der Waals surface area contributed by atoms with Crippen LogP contribution in [0, 0.1) is 0 Å². The Kier molecular flexibility index (Phi) is 12.8. The summed E-state index contributed by atoms with van der Waals surface area (Å²) in [7, 11) is 0. The van der Waals surface area contributed by atoms with Gasteiger partial charge in [0.25, 0.3) is 0 Å². The number of aliphatic hydroxyl groups is 1. The van der Waals surface area contributed by atoms with Crippen LogP contribution in [-0.2, 0) is 9.59 Å². The normalized spacial score (nSPS) is 10.4. The summed E-state index contributed by atoms with van der Waals surface area (Å²) in [4.78, 5) is 22.7. The Hall–Kier alpha value is -0.940. The van der Waals surface area contributed by atoms with E-state index in [-0.39, 0.29) is 25.0 Å². The van der Waals surface area contributed by atoms with Gasteiger partial charge in [0.05, 0.1) is 13.2 Å². The second kappa shape index (κ2) is 13.5. The molecule has 0 saturated heterocycles. The highest BCUT2D eigenvalue weighted by Crippen LogP contribution is 2.08. The van der Waals surface area contributed by atoms with Crippen LogP contribution in [0.15, 0.2) is 0 Å². The minimum atomic E-state index is -0.332. The molecule has 0 aliphatic heterocycles. The summed E-state index contributed by atoms with van der Waals surface area (Å²) in [6, 6.07) is 0. The fraction of sp³-hybridized carbons (Fsp3) is 0.857. The number of imide groups is 1. The largest absolute Gasteiger partial charge is 0.395 e. The van der Waals surface area contributed by atoms with Gasteiger partial charge in [-0.15, -0.1) is 0 Å². The predicted octanol–water partition coefficient (Wildman–Crippen LogP) is 1.35. The molecule has 0 aromatic carbocycles. The molecule has 0 radical (unpaired) electrons. The average molecular weight is 272 g/mol. The van der Waals surface area contributed by atoms with Gasteiger partial charge in [-0.1, -0.05) is 45.4 Å². The van der Waals surface area contributed by atoms with Crippen LogP contribution in [0.3, 0.4) is 0 Å². The second-order valence-corrected chi connectivity index (χ2v) is 4.74. The highest BCUT2D eigenvalue weighted by Gasteiger charge is 2.06. The summed E-state index contributed by atoms with van der Waals surface area (Å²) in [5, 5.41) is 13.6. The number of rotatable bonds is 12. The lowest BCUT2D eigenvalue weighted by Gasteiger charge is -2.05. The van der Waals surface area contributed by atoms with Crippen molar-refractivity contribution in [1.29, 1.82) is 0 Å². The van der Waals surface area contributed by atoms with Crippen molar-refractivity contribution in [3.05, 3.63) is 0 Å². The molecule has 0 spiro atoms. The average Bonchev–Trinajstić information content (AvgIpc) is 2.38. The fourth-order valence-electron chi connectivity index (χ4n) is 1.79. The Morgan fingerprint density at radius 3 is 2.21 bits per heavy atom. The van der Waals surface area contributed by atoms with Crippen molar-refractivity contribution in [1.82, 2.24) is 10.6 Å². The molecule has 5 nitrogen and oxygen atoms in total. The molecule has 0 rings (SSSR count). The van der Waals surface area contributed by atoms with Crippen molar-refractivity contribution in [2.45, 2.75) is 58.3 Å². The monoisotopic (exact) mass is 272 g/mol. The van der Waals surface area contributed by atoms with Crippen LogP contribution >= 0.6 is 0 Å². The minimum absolute atomic E-state index is 0.0146. The maximum absolute atomic E-state index is 11.4. The van der Waals surface area contributed by atoms with Gasteiger partial charge in [-0.3, -0.25) is 14.9 Å². The molecule has 0 aliphatic carbocycles. The Bertz CT molecular complexity index is 245. The molecular formula is C14H28N2O3. The number of aliphatic hydroxyl groups excluding tert-OH is 1. The Morgan fingerprint density at radius 2 is 1.58 bits per heavy atom. The zero-order valence-corrected chi connectivity index (χ0v) is 12.0. The summed E-state index contributed by atoms with van der Waals surface area (Å²) in [6.45, 7) is 2.61. The third kappa shape index (κ3) is 13.3. The number of carbonyl (C=O) groups excluding carboxylic acids is 2. The first-order chi connectivity index (χ1) is 9.20. The molecule has 112 valence electrons. The van der Waals surface area contributed by atoms with Crippen molar-refractivity contribution < 1.29 is 14.7 Å². The van der Waals surface area contributed by atoms with E-state index in [0.717, 1.165) is 12.8 Å². The maximum atomic E-state index is 11.4. The van der Waals surface area contributed by atoms with Crippen molar-refractivity contribution >= 4 is 11.8 Å². The Labute approximate surface area is 116 Å². The van der Waals surface area contributed by atoms with Crippen LogP contribution in [0.5, 0.6) is 0 Å². The van der Waals surface area contributed by atoms with Gasteiger partial charge in [0.15, 0.2) is 0 Å². The molecule has 0 heterocycles. The van der Waals surface area contributed by atoms with Crippen LogP contribution in [0.25, 0.3) is 0 Å². The minimum Gasteiger partial charge on any atom is -0.395 e. The first-order valence-electron chi connectivity index (χ1n) is 7.35. The fourth-order valence-corrected chi connectivity index (χ4v) is 1.79. The summed E-state index contributed by atoms with van der Waals surface area (Å²) >= 11 is 0. The molecule has 5 heteroatoms. The lowest BCUT2D eigenvalue weighted by molar-refractivity contribution is -0.130. The molecule has 0 aliphatic rings. The second-order valence-electron chi connectivity index (χ2n) is 4.74. The Balaban J connectivity index is 3.36. The SMILES string of the molecule is CCCCCCCCCC(=O)NC(=O)CNCCO. The summed E-state index contributed by atoms with van der Waals surface area (Å²) < 4.78 is 0. The van der Waals surface area contributed by atoms with Gasteiger partial charge in [-0.2, -0.15) is 0 Å². The zero-order valence-electron chi connectivity index (χ0n) is 12.0. The third-order valence-corrected chi connectivity index (χ3v) is 2.86. The standard InChI is InChI=1S/C14H28N2O3/c1-2-3-4-5-6-7-8-9-13(18)16-14(19)12-15-10-11-17/h15,17H,2-12H2,1H3,(H,16,18,19). The van der Waals surface area contributed by atoms with Gasteiger partial charge in [0.2, 0.25) is 11.8 Å². The number of nitrogens with one attached hydrogen (secondary N) is 2. The number of carbonyl (C=O) groups is 2. The van der Waals surface area contributed by atoms with Crippen molar-refractivity contribution in [3.8, 4) is 0 Å². The molecule has 0 atom stereocenters. The van der Waals surface area contributed by atoms with E-state index >= 15 is 0 Å². The zero-order chi connectivity index (χ0) is 14.3. The van der Waals surface area contributed by atoms with Crippen LogP contribution in [0.1, 0.15) is 58.3 Å². The van der Waals surface area contributed by atoms with Crippen molar-refractivity contribution in [2.24, 2.45) is 0 Å². The molecule has 0 bridgehead atoms. The van der Waals surface area contributed by atoms with E-state index in [2.05, 4.69) is 17.6 Å². The molecule has 0 aromatic rings. The molecule has 0 saturated carbocycles. The van der Waals surface area contributed by atoms with Gasteiger partial charge in [-0.05, 0) is 6.42 Å². The quantitative estimate of drug-likeness (QED) is 0.469. The lowest BCUT2D eigenvalue weighted by Crippen LogP contribution is -2.38. The maximum Gasteiger partial charge on any atom is 0.240 e. The highest BCUT2D eigenvalue weighted by molar-refractivity contribution is 5.96. The summed E-state index contributed by atoms with van der Waals surface area (Å²) in [5.41, 5.74) is 0. The van der Waals surface area contributed by atoms with Crippen LogP contribution in [0.2, 0.25) is 0 Å². The topological polar surface area (TPSA) is 78.4 Å². The first-order valence-corrected chi connectivity index (χ1v) is 7.35.